The Bertz CT molecular complexity index is 252. The molecule has 0 spiro atoms. The molecule has 0 saturated heterocycles. The molecular formula is C10H19N3. The van der Waals surface area contributed by atoms with Gasteiger partial charge in [-0.3, -0.25) is 4.68 Å². The Morgan fingerprint density at radius 2 is 2.23 bits per heavy atom. The van der Waals surface area contributed by atoms with Crippen LogP contribution >= 0.6 is 0 Å². The van der Waals surface area contributed by atoms with E-state index < -0.39 is 0 Å². The van der Waals surface area contributed by atoms with Crippen molar-refractivity contribution in [3.8, 4) is 0 Å². The van der Waals surface area contributed by atoms with Gasteiger partial charge in [-0.05, 0) is 12.3 Å². The summed E-state index contributed by atoms with van der Waals surface area (Å²) >= 11 is 0. The van der Waals surface area contributed by atoms with Gasteiger partial charge in [-0.15, -0.1) is 0 Å². The Labute approximate surface area is 80.1 Å². The molecule has 0 aliphatic rings. The minimum atomic E-state index is 0.546. The topological polar surface area (TPSA) is 29.9 Å². The van der Waals surface area contributed by atoms with E-state index in [1.165, 1.54) is 0 Å². The number of aryl methyl sites for hydroxylation is 1. The molecule has 1 aromatic rings. The lowest BCUT2D eigenvalue weighted by Gasteiger charge is -2.20. The van der Waals surface area contributed by atoms with Crippen molar-refractivity contribution in [2.75, 3.05) is 5.32 Å². The van der Waals surface area contributed by atoms with E-state index in [1.54, 1.807) is 0 Å². The molecule has 3 heteroatoms. The molecule has 1 atom stereocenters. The molecule has 0 amide bonds. The van der Waals surface area contributed by atoms with E-state index in [2.05, 4.69) is 31.2 Å². The van der Waals surface area contributed by atoms with E-state index in [-0.39, 0.29) is 0 Å². The Balaban J connectivity index is 2.56. The summed E-state index contributed by atoms with van der Waals surface area (Å²) in [4.78, 5) is 0. The van der Waals surface area contributed by atoms with Crippen LogP contribution in [0.3, 0.4) is 0 Å². The SMILES string of the molecule is CC[C@H](Nc1cnn(C)c1)C(C)C. The molecule has 1 rings (SSSR count). The average Bonchev–Trinajstić information content (AvgIpc) is 2.46. The molecule has 0 radical (unpaired) electrons. The van der Waals surface area contributed by atoms with E-state index in [0.29, 0.717) is 12.0 Å². The summed E-state index contributed by atoms with van der Waals surface area (Å²) in [6.07, 6.45) is 5.02. The van der Waals surface area contributed by atoms with Crippen LogP contribution in [-0.2, 0) is 7.05 Å². The van der Waals surface area contributed by atoms with Gasteiger partial charge in [0.2, 0.25) is 0 Å². The second-order valence-electron chi connectivity index (χ2n) is 3.81. The zero-order chi connectivity index (χ0) is 9.84. The third kappa shape index (κ3) is 2.76. The summed E-state index contributed by atoms with van der Waals surface area (Å²) in [5.41, 5.74) is 1.11. The second-order valence-corrected chi connectivity index (χ2v) is 3.81. The number of hydrogen-bond acceptors (Lipinski definition) is 2. The van der Waals surface area contributed by atoms with Gasteiger partial charge in [0.25, 0.3) is 0 Å². The van der Waals surface area contributed by atoms with Crippen molar-refractivity contribution >= 4 is 5.69 Å². The lowest BCUT2D eigenvalue weighted by atomic mass is 10.0. The predicted octanol–water partition coefficient (Wildman–Crippen LogP) is 2.27. The lowest BCUT2D eigenvalue weighted by Crippen LogP contribution is -2.24. The second kappa shape index (κ2) is 4.30. The summed E-state index contributed by atoms with van der Waals surface area (Å²) in [5, 5.41) is 7.58. The molecule has 0 aromatic carbocycles. The van der Waals surface area contributed by atoms with E-state index in [9.17, 15) is 0 Å². The molecule has 13 heavy (non-hydrogen) atoms. The van der Waals surface area contributed by atoms with Gasteiger partial charge in [-0.25, -0.2) is 0 Å². The summed E-state index contributed by atoms with van der Waals surface area (Å²) < 4.78 is 1.81. The lowest BCUT2D eigenvalue weighted by molar-refractivity contribution is 0.511. The van der Waals surface area contributed by atoms with Crippen molar-refractivity contribution in [2.45, 2.75) is 33.2 Å². The van der Waals surface area contributed by atoms with Crippen LogP contribution in [0, 0.1) is 5.92 Å². The molecule has 1 N–H and O–H groups in total. The van der Waals surface area contributed by atoms with Gasteiger partial charge < -0.3 is 5.32 Å². The number of anilines is 1. The van der Waals surface area contributed by atoms with Crippen molar-refractivity contribution in [3.63, 3.8) is 0 Å². The van der Waals surface area contributed by atoms with Crippen molar-refractivity contribution in [2.24, 2.45) is 13.0 Å². The molecule has 1 aromatic heterocycles. The minimum absolute atomic E-state index is 0.546. The Morgan fingerprint density at radius 3 is 2.62 bits per heavy atom. The summed E-state index contributed by atoms with van der Waals surface area (Å²) in [6.45, 7) is 6.67. The van der Waals surface area contributed by atoms with Crippen LogP contribution in [0.1, 0.15) is 27.2 Å². The first-order valence-electron chi connectivity index (χ1n) is 4.88. The summed E-state index contributed by atoms with van der Waals surface area (Å²) in [6, 6.07) is 0.546. The highest BCUT2D eigenvalue weighted by Gasteiger charge is 2.10. The highest BCUT2D eigenvalue weighted by atomic mass is 15.3. The van der Waals surface area contributed by atoms with E-state index in [0.717, 1.165) is 12.1 Å². The third-order valence-corrected chi connectivity index (χ3v) is 2.30. The van der Waals surface area contributed by atoms with Gasteiger partial charge in [0.1, 0.15) is 0 Å². The smallest absolute Gasteiger partial charge is 0.0728 e. The number of nitrogens with zero attached hydrogens (tertiary/aromatic N) is 2. The number of rotatable bonds is 4. The van der Waals surface area contributed by atoms with Crippen LogP contribution in [0.4, 0.5) is 5.69 Å². The van der Waals surface area contributed by atoms with Crippen LogP contribution in [0.2, 0.25) is 0 Å². The highest BCUT2D eigenvalue weighted by molar-refractivity contribution is 5.39. The maximum atomic E-state index is 4.12. The first-order chi connectivity index (χ1) is 6.13. The molecule has 0 saturated carbocycles. The highest BCUT2D eigenvalue weighted by Crippen LogP contribution is 2.13. The van der Waals surface area contributed by atoms with Gasteiger partial charge in [-0.2, -0.15) is 5.10 Å². The largest absolute Gasteiger partial charge is 0.380 e. The Hall–Kier alpha value is -0.990. The van der Waals surface area contributed by atoms with Crippen LogP contribution in [0.15, 0.2) is 12.4 Å². The first kappa shape index (κ1) is 10.1. The minimum Gasteiger partial charge on any atom is -0.380 e. The van der Waals surface area contributed by atoms with E-state index in [4.69, 9.17) is 0 Å². The van der Waals surface area contributed by atoms with Gasteiger partial charge in [0.05, 0.1) is 11.9 Å². The Morgan fingerprint density at radius 1 is 1.54 bits per heavy atom. The molecule has 0 aliphatic carbocycles. The molecular weight excluding hydrogens is 162 g/mol. The molecule has 0 bridgehead atoms. The fourth-order valence-corrected chi connectivity index (χ4v) is 1.45. The van der Waals surface area contributed by atoms with Gasteiger partial charge in [0.15, 0.2) is 0 Å². The molecule has 0 unspecified atom stereocenters. The number of aromatic nitrogens is 2. The van der Waals surface area contributed by atoms with Gasteiger partial charge in [0, 0.05) is 19.3 Å². The zero-order valence-electron chi connectivity index (χ0n) is 8.91. The summed E-state index contributed by atoms with van der Waals surface area (Å²) in [7, 11) is 1.93. The number of hydrogen-bond donors (Lipinski definition) is 1. The van der Waals surface area contributed by atoms with Gasteiger partial charge >= 0.3 is 0 Å². The Kier molecular flexibility index (Phi) is 3.34. The molecule has 3 nitrogen and oxygen atoms in total. The van der Waals surface area contributed by atoms with Crippen LogP contribution in [0.25, 0.3) is 0 Å². The monoisotopic (exact) mass is 181 g/mol. The quantitative estimate of drug-likeness (QED) is 0.772. The maximum Gasteiger partial charge on any atom is 0.0728 e. The zero-order valence-corrected chi connectivity index (χ0v) is 8.91. The molecule has 1 heterocycles. The summed E-state index contributed by atoms with van der Waals surface area (Å²) in [5.74, 6) is 0.658. The predicted molar refractivity (Wildman–Crippen MR) is 55.7 cm³/mol. The third-order valence-electron chi connectivity index (χ3n) is 2.30. The van der Waals surface area contributed by atoms with Crippen LogP contribution in [0.5, 0.6) is 0 Å². The molecule has 0 aliphatic heterocycles. The molecule has 74 valence electrons. The average molecular weight is 181 g/mol. The standard InChI is InChI=1S/C10H19N3/c1-5-10(8(2)3)12-9-6-11-13(4)7-9/h6-8,10,12H,5H2,1-4H3/t10-/m0/s1. The fourth-order valence-electron chi connectivity index (χ4n) is 1.45. The van der Waals surface area contributed by atoms with Crippen LogP contribution < -0.4 is 5.32 Å². The maximum absolute atomic E-state index is 4.12. The number of nitrogens with one attached hydrogen (secondary N) is 1. The first-order valence-corrected chi connectivity index (χ1v) is 4.88. The van der Waals surface area contributed by atoms with E-state index in [1.807, 2.05) is 24.1 Å². The fraction of sp³-hybridized carbons (Fsp3) is 0.700. The normalized spacial score (nSPS) is 13.3. The van der Waals surface area contributed by atoms with Crippen LogP contribution in [-0.4, -0.2) is 15.8 Å². The van der Waals surface area contributed by atoms with Crippen molar-refractivity contribution < 1.29 is 0 Å². The molecule has 0 fully saturated rings. The van der Waals surface area contributed by atoms with Crippen molar-refractivity contribution in [1.82, 2.24) is 9.78 Å². The van der Waals surface area contributed by atoms with Crippen molar-refractivity contribution in [3.05, 3.63) is 12.4 Å². The van der Waals surface area contributed by atoms with Crippen molar-refractivity contribution in [1.29, 1.82) is 0 Å². The van der Waals surface area contributed by atoms with E-state index >= 15 is 0 Å². The van der Waals surface area contributed by atoms with Gasteiger partial charge in [-0.1, -0.05) is 20.8 Å².